The molecule has 0 aromatic heterocycles. The minimum absolute atomic E-state index is 0.0961. The predicted molar refractivity (Wildman–Crippen MR) is 94.8 cm³/mol. The summed E-state index contributed by atoms with van der Waals surface area (Å²) >= 11 is 0. The smallest absolute Gasteiger partial charge is 0.358 e. The van der Waals surface area contributed by atoms with E-state index in [1.807, 2.05) is 0 Å². The highest BCUT2D eigenvalue weighted by molar-refractivity contribution is 6.42. The van der Waals surface area contributed by atoms with E-state index in [0.29, 0.717) is 28.0 Å². The lowest BCUT2D eigenvalue weighted by Crippen LogP contribution is -2.17. The molecule has 2 aromatic carbocycles. The van der Waals surface area contributed by atoms with Crippen LogP contribution >= 0.6 is 0 Å². The predicted octanol–water partition coefficient (Wildman–Crippen LogP) is 3.02. The Morgan fingerprint density at radius 3 is 2.35 bits per heavy atom. The second-order valence-corrected chi connectivity index (χ2v) is 5.61. The molecular formula is C19H19NO6. The lowest BCUT2D eigenvalue weighted by molar-refractivity contribution is -0.129. The standard InChI is InChI=1S/C19H19NO6/c1-11-9-16(12(2)8-15(11)18(21)22)26-10-13-6-4-5-7-14(13)17(19(23)24)20-25-3/h4-9H,10H2,1-3H3,(H,21,22)(H,23,24)/b20-17+. The van der Waals surface area contributed by atoms with E-state index in [9.17, 15) is 14.7 Å². The van der Waals surface area contributed by atoms with E-state index in [1.54, 1.807) is 50.2 Å². The van der Waals surface area contributed by atoms with Gasteiger partial charge in [-0.2, -0.15) is 0 Å². The summed E-state index contributed by atoms with van der Waals surface area (Å²) in [5, 5.41) is 22.1. The van der Waals surface area contributed by atoms with Crippen molar-refractivity contribution in [3.8, 4) is 5.75 Å². The van der Waals surface area contributed by atoms with Crippen molar-refractivity contribution in [3.05, 3.63) is 64.2 Å². The molecule has 0 bridgehead atoms. The zero-order valence-corrected chi connectivity index (χ0v) is 14.6. The number of hydrogen-bond acceptors (Lipinski definition) is 5. The number of hydrogen-bond donors (Lipinski definition) is 2. The van der Waals surface area contributed by atoms with Gasteiger partial charge in [-0.05, 0) is 42.7 Å². The summed E-state index contributed by atoms with van der Waals surface area (Å²) in [7, 11) is 1.28. The molecule has 2 rings (SSSR count). The number of ether oxygens (including phenoxy) is 1. The Kier molecular flexibility index (Phi) is 5.95. The first-order valence-electron chi connectivity index (χ1n) is 7.75. The number of aromatic carboxylic acids is 1. The largest absolute Gasteiger partial charge is 0.489 e. The zero-order chi connectivity index (χ0) is 19.3. The molecule has 2 N–H and O–H groups in total. The van der Waals surface area contributed by atoms with Gasteiger partial charge in [0.05, 0.1) is 5.56 Å². The first kappa shape index (κ1) is 19.0. The highest BCUT2D eigenvalue weighted by Gasteiger charge is 2.18. The molecule has 2 aromatic rings. The molecular weight excluding hydrogens is 338 g/mol. The van der Waals surface area contributed by atoms with Crippen LogP contribution in [-0.2, 0) is 16.2 Å². The Morgan fingerprint density at radius 1 is 1.04 bits per heavy atom. The molecule has 0 aliphatic carbocycles. The van der Waals surface area contributed by atoms with Crippen LogP contribution < -0.4 is 4.74 Å². The van der Waals surface area contributed by atoms with Gasteiger partial charge in [-0.3, -0.25) is 0 Å². The number of aliphatic carboxylic acids is 1. The normalized spacial score (nSPS) is 11.1. The monoisotopic (exact) mass is 357 g/mol. The molecule has 0 amide bonds. The molecule has 0 fully saturated rings. The molecule has 0 unspecified atom stereocenters. The van der Waals surface area contributed by atoms with Crippen LogP contribution in [0, 0.1) is 13.8 Å². The summed E-state index contributed by atoms with van der Waals surface area (Å²) in [6.45, 7) is 3.54. The first-order valence-corrected chi connectivity index (χ1v) is 7.75. The molecule has 26 heavy (non-hydrogen) atoms. The van der Waals surface area contributed by atoms with Crippen LogP contribution in [-0.4, -0.2) is 35.0 Å². The number of aryl methyl sites for hydroxylation is 2. The fourth-order valence-electron chi connectivity index (χ4n) is 2.50. The summed E-state index contributed by atoms with van der Waals surface area (Å²) in [4.78, 5) is 27.2. The van der Waals surface area contributed by atoms with Crippen molar-refractivity contribution in [1.29, 1.82) is 0 Å². The van der Waals surface area contributed by atoms with Gasteiger partial charge < -0.3 is 19.8 Å². The van der Waals surface area contributed by atoms with Gasteiger partial charge in [0.1, 0.15) is 19.5 Å². The van der Waals surface area contributed by atoms with Crippen LogP contribution in [0.1, 0.15) is 32.6 Å². The number of carboxylic acid groups (broad SMARTS) is 2. The summed E-state index contributed by atoms with van der Waals surface area (Å²) in [6, 6.07) is 10.0. The van der Waals surface area contributed by atoms with Gasteiger partial charge >= 0.3 is 11.9 Å². The minimum Gasteiger partial charge on any atom is -0.489 e. The number of benzene rings is 2. The van der Waals surface area contributed by atoms with Gasteiger partial charge in [0.25, 0.3) is 0 Å². The van der Waals surface area contributed by atoms with Gasteiger partial charge in [0.15, 0.2) is 5.71 Å². The Morgan fingerprint density at radius 2 is 1.73 bits per heavy atom. The van der Waals surface area contributed by atoms with E-state index in [2.05, 4.69) is 9.99 Å². The third-order valence-corrected chi connectivity index (χ3v) is 3.79. The number of oxime groups is 1. The average Bonchev–Trinajstić information content (AvgIpc) is 2.60. The van der Waals surface area contributed by atoms with Crippen molar-refractivity contribution in [2.75, 3.05) is 7.11 Å². The Hall–Kier alpha value is -3.35. The van der Waals surface area contributed by atoms with Gasteiger partial charge in [-0.25, -0.2) is 9.59 Å². The van der Waals surface area contributed by atoms with E-state index >= 15 is 0 Å². The van der Waals surface area contributed by atoms with Gasteiger partial charge in [0.2, 0.25) is 0 Å². The number of carbonyl (C=O) groups is 2. The van der Waals surface area contributed by atoms with E-state index < -0.39 is 11.9 Å². The molecule has 0 heterocycles. The van der Waals surface area contributed by atoms with Crippen molar-refractivity contribution in [2.24, 2.45) is 5.16 Å². The minimum atomic E-state index is -1.21. The van der Waals surface area contributed by atoms with E-state index in [0.717, 1.165) is 0 Å². The first-order chi connectivity index (χ1) is 12.3. The molecule has 0 saturated heterocycles. The fraction of sp³-hybridized carbons (Fsp3) is 0.211. The van der Waals surface area contributed by atoms with Gasteiger partial charge in [0, 0.05) is 5.56 Å². The lowest BCUT2D eigenvalue weighted by Gasteiger charge is -2.14. The van der Waals surface area contributed by atoms with Crippen molar-refractivity contribution >= 4 is 17.7 Å². The van der Waals surface area contributed by atoms with Crippen LogP contribution in [0.4, 0.5) is 0 Å². The van der Waals surface area contributed by atoms with Crippen molar-refractivity contribution in [1.82, 2.24) is 0 Å². The number of nitrogens with zero attached hydrogens (tertiary/aromatic N) is 1. The molecule has 7 heteroatoms. The van der Waals surface area contributed by atoms with Crippen LogP contribution in [0.2, 0.25) is 0 Å². The maximum Gasteiger partial charge on any atom is 0.358 e. The van der Waals surface area contributed by atoms with E-state index in [-0.39, 0.29) is 17.9 Å². The summed E-state index contributed by atoms with van der Waals surface area (Å²) in [5.74, 6) is -1.68. The van der Waals surface area contributed by atoms with Crippen LogP contribution in [0.15, 0.2) is 41.6 Å². The molecule has 0 spiro atoms. The van der Waals surface area contributed by atoms with Gasteiger partial charge in [-0.1, -0.05) is 29.4 Å². The Balaban J connectivity index is 2.31. The quantitative estimate of drug-likeness (QED) is 0.583. The summed E-state index contributed by atoms with van der Waals surface area (Å²) in [6.07, 6.45) is 0. The van der Waals surface area contributed by atoms with Crippen LogP contribution in [0.3, 0.4) is 0 Å². The molecule has 136 valence electrons. The molecule has 0 saturated carbocycles. The number of rotatable bonds is 7. The Labute approximate surface area is 150 Å². The second-order valence-electron chi connectivity index (χ2n) is 5.61. The van der Waals surface area contributed by atoms with E-state index in [1.165, 1.54) is 7.11 Å². The van der Waals surface area contributed by atoms with Crippen LogP contribution in [0.5, 0.6) is 5.75 Å². The summed E-state index contributed by atoms with van der Waals surface area (Å²) in [5.41, 5.74) is 2.26. The maximum atomic E-state index is 11.4. The lowest BCUT2D eigenvalue weighted by atomic mass is 10.0. The van der Waals surface area contributed by atoms with E-state index in [4.69, 9.17) is 9.84 Å². The van der Waals surface area contributed by atoms with Crippen molar-refractivity contribution in [2.45, 2.75) is 20.5 Å². The summed E-state index contributed by atoms with van der Waals surface area (Å²) < 4.78 is 5.81. The maximum absolute atomic E-state index is 11.4. The second kappa shape index (κ2) is 8.15. The van der Waals surface area contributed by atoms with Crippen LogP contribution in [0.25, 0.3) is 0 Å². The van der Waals surface area contributed by atoms with Crippen molar-refractivity contribution in [3.63, 3.8) is 0 Å². The SMILES string of the molecule is CO/N=C(/C(=O)O)c1ccccc1COc1cc(C)c(C(=O)O)cc1C. The molecule has 0 atom stereocenters. The van der Waals surface area contributed by atoms with Crippen molar-refractivity contribution < 1.29 is 29.4 Å². The highest BCUT2D eigenvalue weighted by Crippen LogP contribution is 2.24. The fourth-order valence-corrected chi connectivity index (χ4v) is 2.50. The highest BCUT2D eigenvalue weighted by atomic mass is 16.6. The molecule has 0 radical (unpaired) electrons. The Bertz CT molecular complexity index is 872. The zero-order valence-electron chi connectivity index (χ0n) is 14.6. The average molecular weight is 357 g/mol. The molecule has 7 nitrogen and oxygen atoms in total. The number of carboxylic acids is 2. The van der Waals surface area contributed by atoms with Gasteiger partial charge in [-0.15, -0.1) is 0 Å². The third-order valence-electron chi connectivity index (χ3n) is 3.79. The molecule has 0 aliphatic heterocycles. The topological polar surface area (TPSA) is 105 Å². The molecule has 0 aliphatic rings. The third kappa shape index (κ3) is 4.18.